The van der Waals surface area contributed by atoms with Gasteiger partial charge in [-0.2, -0.15) is 0 Å². The SMILES string of the molecule is Cc1cc(-c2cccc(-c3cccc(-c4nc(-c5ccccc5)nc(-c5cccc(-c6ccccc6)c5)n4)c3)c2-c2cccc(-c3nc(-c4ccccc4)nc(-c4ccccc4)n3)c2)nc(C)n1. The van der Waals surface area contributed by atoms with E-state index in [4.69, 9.17) is 34.9 Å². The van der Waals surface area contributed by atoms with Crippen LogP contribution in [0.3, 0.4) is 0 Å². The van der Waals surface area contributed by atoms with Crippen LogP contribution in [0.4, 0.5) is 0 Å². The molecule has 0 bridgehead atoms. The molecule has 8 heteroatoms. The van der Waals surface area contributed by atoms with Gasteiger partial charge in [-0.25, -0.2) is 39.9 Å². The van der Waals surface area contributed by atoms with E-state index in [0.717, 1.165) is 83.7 Å². The molecule has 0 N–H and O–H groups in total. The summed E-state index contributed by atoms with van der Waals surface area (Å²) in [5, 5.41) is 0. The lowest BCUT2D eigenvalue weighted by Crippen LogP contribution is -2.01. The van der Waals surface area contributed by atoms with Crippen molar-refractivity contribution in [2.75, 3.05) is 0 Å². The Morgan fingerprint density at radius 2 is 0.574 bits per heavy atom. The summed E-state index contributed by atoms with van der Waals surface area (Å²) in [4.78, 5) is 40.1. The summed E-state index contributed by atoms with van der Waals surface area (Å²) < 4.78 is 0. The zero-order valence-electron chi connectivity index (χ0n) is 37.4. The quantitative estimate of drug-likeness (QED) is 0.134. The molecule has 0 saturated carbocycles. The highest BCUT2D eigenvalue weighted by molar-refractivity contribution is 5.95. The maximum absolute atomic E-state index is 5.18. The molecular formula is C60H42N8. The molecule has 11 aromatic rings. The zero-order chi connectivity index (χ0) is 45.8. The molecule has 0 aliphatic carbocycles. The zero-order valence-corrected chi connectivity index (χ0v) is 37.4. The molecule has 0 saturated heterocycles. The van der Waals surface area contributed by atoms with Gasteiger partial charge in [-0.1, -0.05) is 194 Å². The second kappa shape index (κ2) is 18.4. The van der Waals surface area contributed by atoms with Crippen LogP contribution in [0.1, 0.15) is 11.5 Å². The number of aromatic nitrogens is 8. The first-order valence-electron chi connectivity index (χ1n) is 22.5. The fraction of sp³-hybridized carbons (Fsp3) is 0.0333. The number of rotatable bonds is 10. The van der Waals surface area contributed by atoms with E-state index in [2.05, 4.69) is 120 Å². The summed E-state index contributed by atoms with van der Waals surface area (Å²) >= 11 is 0. The van der Waals surface area contributed by atoms with E-state index >= 15 is 0 Å². The molecule has 3 heterocycles. The van der Waals surface area contributed by atoms with E-state index < -0.39 is 0 Å². The second-order valence-corrected chi connectivity index (χ2v) is 16.5. The average Bonchev–Trinajstić information content (AvgIpc) is 3.41. The minimum atomic E-state index is 0.570. The Hall–Kier alpha value is -9.14. The molecule has 0 unspecified atom stereocenters. The van der Waals surface area contributed by atoms with Gasteiger partial charge in [-0.15, -0.1) is 0 Å². The van der Waals surface area contributed by atoms with Gasteiger partial charge in [0.2, 0.25) is 0 Å². The van der Waals surface area contributed by atoms with Crippen LogP contribution in [-0.4, -0.2) is 39.9 Å². The number of benzene rings is 8. The van der Waals surface area contributed by atoms with Crippen LogP contribution >= 0.6 is 0 Å². The van der Waals surface area contributed by atoms with E-state index in [0.29, 0.717) is 40.8 Å². The Morgan fingerprint density at radius 1 is 0.235 bits per heavy atom. The molecule has 8 aromatic carbocycles. The van der Waals surface area contributed by atoms with E-state index in [-0.39, 0.29) is 0 Å². The van der Waals surface area contributed by atoms with Gasteiger partial charge in [0.15, 0.2) is 34.9 Å². The fourth-order valence-corrected chi connectivity index (χ4v) is 8.57. The monoisotopic (exact) mass is 874 g/mol. The molecule has 3 aromatic heterocycles. The van der Waals surface area contributed by atoms with E-state index in [1.54, 1.807) is 0 Å². The molecule has 8 nitrogen and oxygen atoms in total. The molecule has 0 spiro atoms. The number of aryl methyl sites for hydroxylation is 2. The Bertz CT molecular complexity index is 3500. The van der Waals surface area contributed by atoms with Gasteiger partial charge in [0.1, 0.15) is 5.82 Å². The number of hydrogen-bond acceptors (Lipinski definition) is 8. The summed E-state index contributed by atoms with van der Waals surface area (Å²) in [6.45, 7) is 3.94. The molecule has 0 radical (unpaired) electrons. The molecule has 322 valence electrons. The molecule has 11 rings (SSSR count). The smallest absolute Gasteiger partial charge is 0.164 e. The van der Waals surface area contributed by atoms with Crippen molar-refractivity contribution in [3.63, 3.8) is 0 Å². The van der Waals surface area contributed by atoms with Crippen LogP contribution in [0.15, 0.2) is 218 Å². The molecule has 0 aliphatic rings. The average molecular weight is 875 g/mol. The largest absolute Gasteiger partial charge is 0.239 e. The van der Waals surface area contributed by atoms with Crippen LogP contribution in [0.2, 0.25) is 0 Å². The maximum atomic E-state index is 5.18. The highest BCUT2D eigenvalue weighted by Crippen LogP contribution is 2.42. The lowest BCUT2D eigenvalue weighted by molar-refractivity contribution is 1.02. The van der Waals surface area contributed by atoms with Gasteiger partial charge >= 0.3 is 0 Å². The highest BCUT2D eigenvalue weighted by Gasteiger charge is 2.20. The second-order valence-electron chi connectivity index (χ2n) is 16.5. The summed E-state index contributed by atoms with van der Waals surface area (Å²) in [5.41, 5.74) is 14.2. The van der Waals surface area contributed by atoms with Crippen molar-refractivity contribution in [3.05, 3.63) is 230 Å². The lowest BCUT2D eigenvalue weighted by Gasteiger charge is -2.18. The first-order chi connectivity index (χ1) is 33.5. The van der Waals surface area contributed by atoms with Gasteiger partial charge in [-0.3, -0.25) is 0 Å². The van der Waals surface area contributed by atoms with Gasteiger partial charge in [0.25, 0.3) is 0 Å². The van der Waals surface area contributed by atoms with Crippen molar-refractivity contribution >= 4 is 0 Å². The number of nitrogens with zero attached hydrogens (tertiary/aromatic N) is 8. The fourth-order valence-electron chi connectivity index (χ4n) is 8.57. The van der Waals surface area contributed by atoms with Crippen molar-refractivity contribution in [2.45, 2.75) is 13.8 Å². The molecular weight excluding hydrogens is 833 g/mol. The Morgan fingerprint density at radius 3 is 1.04 bits per heavy atom. The minimum Gasteiger partial charge on any atom is -0.239 e. The Kier molecular flexibility index (Phi) is 11.2. The summed E-state index contributed by atoms with van der Waals surface area (Å²) in [7, 11) is 0. The Balaban J connectivity index is 1.07. The van der Waals surface area contributed by atoms with Crippen molar-refractivity contribution in [3.8, 4) is 113 Å². The normalized spacial score (nSPS) is 11.1. The van der Waals surface area contributed by atoms with Crippen molar-refractivity contribution in [2.24, 2.45) is 0 Å². The van der Waals surface area contributed by atoms with E-state index in [1.807, 2.05) is 117 Å². The molecule has 0 atom stereocenters. The van der Waals surface area contributed by atoms with Gasteiger partial charge in [0.05, 0.1) is 5.69 Å². The van der Waals surface area contributed by atoms with E-state index in [1.165, 1.54) is 0 Å². The van der Waals surface area contributed by atoms with Crippen LogP contribution in [-0.2, 0) is 0 Å². The van der Waals surface area contributed by atoms with Crippen LogP contribution in [0.25, 0.3) is 113 Å². The standard InChI is InChI=1S/C60H42N8/c1-39-35-53(62-40(2)61-39)52-34-18-33-51(54(52)47-29-17-32-50(38-47)60-64-55(42-21-9-4-10-22-42)63-56(65-60)43-23-11-5-12-24-43)46-28-16-31-49(37-46)59-67-57(44-25-13-6-14-26-44)66-58(68-59)48-30-15-27-45(36-48)41-19-7-3-8-20-41/h3-38H,1-2H3. The summed E-state index contributed by atoms with van der Waals surface area (Å²) in [6.07, 6.45) is 0. The lowest BCUT2D eigenvalue weighted by atomic mass is 9.88. The predicted molar refractivity (Wildman–Crippen MR) is 273 cm³/mol. The van der Waals surface area contributed by atoms with E-state index in [9.17, 15) is 0 Å². The predicted octanol–water partition coefficient (Wildman–Crippen LogP) is 14.1. The van der Waals surface area contributed by atoms with Gasteiger partial charge in [-0.05, 0) is 71.5 Å². The third kappa shape index (κ3) is 8.69. The number of hydrogen-bond donors (Lipinski definition) is 0. The maximum Gasteiger partial charge on any atom is 0.164 e. The molecule has 0 fully saturated rings. The Labute approximate surface area is 394 Å². The first kappa shape index (κ1) is 41.6. The third-order valence-corrected chi connectivity index (χ3v) is 11.7. The highest BCUT2D eigenvalue weighted by atomic mass is 15.0. The van der Waals surface area contributed by atoms with Crippen molar-refractivity contribution in [1.82, 2.24) is 39.9 Å². The van der Waals surface area contributed by atoms with Crippen LogP contribution < -0.4 is 0 Å². The minimum absolute atomic E-state index is 0.570. The summed E-state index contributed by atoms with van der Waals surface area (Å²) in [5.74, 6) is 4.24. The van der Waals surface area contributed by atoms with Crippen molar-refractivity contribution < 1.29 is 0 Å². The van der Waals surface area contributed by atoms with Gasteiger partial charge < -0.3 is 0 Å². The first-order valence-corrected chi connectivity index (χ1v) is 22.5. The molecule has 68 heavy (non-hydrogen) atoms. The van der Waals surface area contributed by atoms with Crippen LogP contribution in [0, 0.1) is 13.8 Å². The van der Waals surface area contributed by atoms with Gasteiger partial charge in [0, 0.05) is 44.6 Å². The third-order valence-electron chi connectivity index (χ3n) is 11.7. The van der Waals surface area contributed by atoms with Crippen LogP contribution in [0.5, 0.6) is 0 Å². The summed E-state index contributed by atoms with van der Waals surface area (Å²) in [6, 6.07) is 74.2. The molecule has 0 aliphatic heterocycles. The topological polar surface area (TPSA) is 103 Å². The molecule has 0 amide bonds. The van der Waals surface area contributed by atoms with Crippen molar-refractivity contribution in [1.29, 1.82) is 0 Å².